The Bertz CT molecular complexity index is 388. The van der Waals surface area contributed by atoms with Crippen molar-refractivity contribution in [3.05, 3.63) is 0 Å². The summed E-state index contributed by atoms with van der Waals surface area (Å²) in [5.41, 5.74) is -1.73. The van der Waals surface area contributed by atoms with Crippen molar-refractivity contribution in [3.63, 3.8) is 0 Å². The highest BCUT2D eigenvalue weighted by Gasteiger charge is 2.61. The second-order valence-electron chi connectivity index (χ2n) is 5.38. The van der Waals surface area contributed by atoms with E-state index in [0.29, 0.717) is 6.42 Å². The second-order valence-corrected chi connectivity index (χ2v) is 5.38. The normalized spacial score (nSPS) is 32.8. The molecule has 0 aromatic heterocycles. The SMILES string of the molecule is CC[C@@]1(C)C(=O)N(C)C(=O)[C@H](C(=O)O)C1(C)C. The first kappa shape index (κ1) is 13.7. The van der Waals surface area contributed by atoms with Crippen LogP contribution in [0.5, 0.6) is 0 Å². The molecule has 2 atom stereocenters. The van der Waals surface area contributed by atoms with Crippen molar-refractivity contribution in [1.29, 1.82) is 0 Å². The number of carboxylic acids is 1. The van der Waals surface area contributed by atoms with Crippen molar-refractivity contribution >= 4 is 17.8 Å². The van der Waals surface area contributed by atoms with Gasteiger partial charge in [-0.05, 0) is 6.42 Å². The molecule has 1 aliphatic heterocycles. The van der Waals surface area contributed by atoms with Crippen LogP contribution in [0.25, 0.3) is 0 Å². The molecular weight excluding hydrogens is 222 g/mol. The van der Waals surface area contributed by atoms with E-state index in [4.69, 9.17) is 0 Å². The quantitative estimate of drug-likeness (QED) is 0.581. The third-order valence-corrected chi connectivity index (χ3v) is 4.45. The number of hydrogen-bond donors (Lipinski definition) is 1. The molecule has 0 radical (unpaired) electrons. The maximum Gasteiger partial charge on any atom is 0.316 e. The Morgan fingerprint density at radius 3 is 2.18 bits per heavy atom. The van der Waals surface area contributed by atoms with Crippen LogP contribution in [-0.4, -0.2) is 34.8 Å². The van der Waals surface area contributed by atoms with E-state index in [9.17, 15) is 19.5 Å². The van der Waals surface area contributed by atoms with Gasteiger partial charge in [0.1, 0.15) is 5.92 Å². The average molecular weight is 241 g/mol. The molecule has 0 bridgehead atoms. The molecule has 96 valence electrons. The van der Waals surface area contributed by atoms with Crippen molar-refractivity contribution in [3.8, 4) is 0 Å². The van der Waals surface area contributed by atoms with Gasteiger partial charge in [0.15, 0.2) is 0 Å². The van der Waals surface area contributed by atoms with Gasteiger partial charge in [-0.15, -0.1) is 0 Å². The van der Waals surface area contributed by atoms with E-state index in [2.05, 4.69) is 0 Å². The third-order valence-electron chi connectivity index (χ3n) is 4.45. The van der Waals surface area contributed by atoms with Gasteiger partial charge in [-0.2, -0.15) is 0 Å². The van der Waals surface area contributed by atoms with Gasteiger partial charge in [0.2, 0.25) is 11.8 Å². The van der Waals surface area contributed by atoms with E-state index >= 15 is 0 Å². The summed E-state index contributed by atoms with van der Waals surface area (Å²) in [4.78, 5) is 36.3. The minimum Gasteiger partial charge on any atom is -0.481 e. The van der Waals surface area contributed by atoms with Crippen LogP contribution >= 0.6 is 0 Å². The molecule has 1 saturated heterocycles. The zero-order valence-corrected chi connectivity index (χ0v) is 10.9. The van der Waals surface area contributed by atoms with Crippen LogP contribution < -0.4 is 0 Å². The Hall–Kier alpha value is -1.39. The zero-order chi connectivity index (χ0) is 13.6. The van der Waals surface area contributed by atoms with Gasteiger partial charge in [-0.25, -0.2) is 0 Å². The van der Waals surface area contributed by atoms with Crippen LogP contribution in [-0.2, 0) is 14.4 Å². The fourth-order valence-corrected chi connectivity index (χ4v) is 2.59. The van der Waals surface area contributed by atoms with Crippen molar-refractivity contribution in [2.45, 2.75) is 34.1 Å². The Kier molecular flexibility index (Phi) is 3.07. The first-order valence-electron chi connectivity index (χ1n) is 5.66. The number of imide groups is 1. The number of aliphatic carboxylic acids is 1. The van der Waals surface area contributed by atoms with Gasteiger partial charge >= 0.3 is 5.97 Å². The summed E-state index contributed by atoms with van der Waals surface area (Å²) in [6, 6.07) is 0. The van der Waals surface area contributed by atoms with Crippen molar-refractivity contribution in [1.82, 2.24) is 4.90 Å². The van der Waals surface area contributed by atoms with Gasteiger partial charge in [0, 0.05) is 12.5 Å². The lowest BCUT2D eigenvalue weighted by Gasteiger charge is -2.51. The van der Waals surface area contributed by atoms with Crippen LogP contribution in [0.1, 0.15) is 34.1 Å². The molecule has 5 heteroatoms. The van der Waals surface area contributed by atoms with E-state index < -0.39 is 28.6 Å². The van der Waals surface area contributed by atoms with E-state index in [0.717, 1.165) is 4.90 Å². The Balaban J connectivity index is 3.42. The Morgan fingerprint density at radius 2 is 1.82 bits per heavy atom. The van der Waals surface area contributed by atoms with Crippen LogP contribution in [0.3, 0.4) is 0 Å². The predicted molar refractivity (Wildman–Crippen MR) is 61.1 cm³/mol. The summed E-state index contributed by atoms with van der Waals surface area (Å²) in [5, 5.41) is 9.22. The number of carbonyl (C=O) groups excluding carboxylic acids is 2. The minimum absolute atomic E-state index is 0.299. The van der Waals surface area contributed by atoms with Crippen LogP contribution in [0.2, 0.25) is 0 Å². The molecule has 1 rings (SSSR count). The van der Waals surface area contributed by atoms with Gasteiger partial charge < -0.3 is 5.11 Å². The van der Waals surface area contributed by atoms with Gasteiger partial charge in [0.25, 0.3) is 0 Å². The molecule has 1 fully saturated rings. The van der Waals surface area contributed by atoms with Crippen LogP contribution in [0.15, 0.2) is 0 Å². The number of rotatable bonds is 2. The van der Waals surface area contributed by atoms with Crippen molar-refractivity contribution in [2.24, 2.45) is 16.7 Å². The Morgan fingerprint density at radius 1 is 1.35 bits per heavy atom. The van der Waals surface area contributed by atoms with Crippen LogP contribution in [0, 0.1) is 16.7 Å². The summed E-state index contributed by atoms with van der Waals surface area (Å²) < 4.78 is 0. The lowest BCUT2D eigenvalue weighted by Crippen LogP contribution is -2.63. The first-order chi connectivity index (χ1) is 7.61. The maximum absolute atomic E-state index is 12.2. The number of hydrogen-bond acceptors (Lipinski definition) is 3. The largest absolute Gasteiger partial charge is 0.481 e. The van der Waals surface area contributed by atoms with Crippen LogP contribution in [0.4, 0.5) is 0 Å². The fraction of sp³-hybridized carbons (Fsp3) is 0.750. The van der Waals surface area contributed by atoms with Gasteiger partial charge in [0.05, 0.1) is 5.41 Å². The third kappa shape index (κ3) is 1.56. The number of carboxylic acid groups (broad SMARTS) is 1. The molecule has 0 aromatic rings. The molecule has 0 aliphatic carbocycles. The fourth-order valence-electron chi connectivity index (χ4n) is 2.59. The van der Waals surface area contributed by atoms with E-state index in [-0.39, 0.29) is 5.91 Å². The number of amides is 2. The van der Waals surface area contributed by atoms with Gasteiger partial charge in [-0.3, -0.25) is 19.3 Å². The number of carbonyl (C=O) groups is 3. The molecule has 1 heterocycles. The summed E-state index contributed by atoms with van der Waals surface area (Å²) in [7, 11) is 1.35. The highest BCUT2D eigenvalue weighted by atomic mass is 16.4. The average Bonchev–Trinajstić information content (AvgIpc) is 2.23. The smallest absolute Gasteiger partial charge is 0.316 e. The molecule has 0 spiro atoms. The molecule has 2 amide bonds. The standard InChI is InChI=1S/C12H19NO4/c1-6-12(4)10(17)13(5)8(14)7(9(15)16)11(12,2)3/h7H,6H2,1-5H3,(H,15,16)/t7-,12+/m1/s1. The van der Waals surface area contributed by atoms with Crippen molar-refractivity contribution < 1.29 is 19.5 Å². The summed E-state index contributed by atoms with van der Waals surface area (Å²) in [5.74, 6) is -3.26. The first-order valence-corrected chi connectivity index (χ1v) is 5.66. The lowest BCUT2D eigenvalue weighted by atomic mass is 9.56. The monoisotopic (exact) mass is 241 g/mol. The number of piperidine rings is 1. The number of nitrogens with zero attached hydrogens (tertiary/aromatic N) is 1. The second kappa shape index (κ2) is 3.82. The Labute approximate surface area is 101 Å². The summed E-state index contributed by atoms with van der Waals surface area (Å²) >= 11 is 0. The molecular formula is C12H19NO4. The molecule has 1 aliphatic rings. The number of likely N-dealkylation sites (tertiary alicyclic amines) is 1. The molecule has 0 unspecified atom stereocenters. The maximum atomic E-state index is 12.2. The molecule has 17 heavy (non-hydrogen) atoms. The summed E-state index contributed by atoms with van der Waals surface area (Å²) in [6.45, 7) is 6.92. The lowest BCUT2D eigenvalue weighted by molar-refractivity contribution is -0.180. The molecule has 0 aromatic carbocycles. The minimum atomic E-state index is -1.17. The molecule has 1 N–H and O–H groups in total. The van der Waals surface area contributed by atoms with E-state index in [1.165, 1.54) is 7.05 Å². The highest BCUT2D eigenvalue weighted by molar-refractivity contribution is 6.09. The predicted octanol–water partition coefficient (Wildman–Crippen LogP) is 1.13. The molecule has 0 saturated carbocycles. The van der Waals surface area contributed by atoms with Crippen molar-refractivity contribution in [2.75, 3.05) is 7.05 Å². The van der Waals surface area contributed by atoms with E-state index in [1.807, 2.05) is 6.92 Å². The molecule has 5 nitrogen and oxygen atoms in total. The van der Waals surface area contributed by atoms with E-state index in [1.54, 1.807) is 20.8 Å². The topological polar surface area (TPSA) is 74.7 Å². The van der Waals surface area contributed by atoms with Gasteiger partial charge in [-0.1, -0.05) is 27.7 Å². The summed E-state index contributed by atoms with van der Waals surface area (Å²) in [6.07, 6.45) is 0.500. The zero-order valence-electron chi connectivity index (χ0n) is 10.9. The highest BCUT2D eigenvalue weighted by Crippen LogP contribution is 2.51.